The van der Waals surface area contributed by atoms with Crippen molar-refractivity contribution in [1.82, 2.24) is 0 Å². The molecule has 0 aromatic heterocycles. The lowest BCUT2D eigenvalue weighted by atomic mass is 9.85. The quantitative estimate of drug-likeness (QED) is 0.153. The van der Waals surface area contributed by atoms with E-state index in [0.717, 1.165) is 48.8 Å². The molecule has 0 aliphatic heterocycles. The summed E-state index contributed by atoms with van der Waals surface area (Å²) in [7, 11) is 0. The Morgan fingerprint density at radius 3 is 1.64 bits per heavy atom. The summed E-state index contributed by atoms with van der Waals surface area (Å²) in [6, 6.07) is 36.5. The minimum absolute atomic E-state index is 0.236. The van der Waals surface area contributed by atoms with Crippen LogP contribution in [0, 0.1) is 0 Å². The van der Waals surface area contributed by atoms with Crippen LogP contribution in [0.4, 0.5) is 0 Å². The number of carbonyl (C=O) groups is 2. The molecule has 0 fully saturated rings. The number of hydrogen-bond donors (Lipinski definition) is 0. The number of esters is 2. The van der Waals surface area contributed by atoms with Crippen LogP contribution in [0.5, 0.6) is 0 Å². The molecule has 0 saturated carbocycles. The van der Waals surface area contributed by atoms with Crippen molar-refractivity contribution in [3.8, 4) is 22.3 Å². The smallest absolute Gasteiger partial charge is 0.338 e. The molecule has 0 spiro atoms. The van der Waals surface area contributed by atoms with E-state index in [4.69, 9.17) is 9.47 Å². The van der Waals surface area contributed by atoms with Crippen molar-refractivity contribution in [2.24, 2.45) is 0 Å². The lowest BCUT2D eigenvalue weighted by molar-refractivity contribution is 0.0513. The summed E-state index contributed by atoms with van der Waals surface area (Å²) in [5, 5.41) is 8.79. The van der Waals surface area contributed by atoms with E-state index in [1.165, 1.54) is 5.39 Å². The van der Waals surface area contributed by atoms with E-state index in [2.05, 4.69) is 48.5 Å². The van der Waals surface area contributed by atoms with Gasteiger partial charge in [-0.3, -0.25) is 0 Å². The Morgan fingerprint density at radius 2 is 0.976 bits per heavy atom. The molecule has 0 N–H and O–H groups in total. The van der Waals surface area contributed by atoms with Crippen LogP contribution in [0.3, 0.4) is 0 Å². The highest BCUT2D eigenvalue weighted by Crippen LogP contribution is 2.42. The van der Waals surface area contributed by atoms with Crippen molar-refractivity contribution in [2.45, 2.75) is 13.8 Å². The van der Waals surface area contributed by atoms with Crippen LogP contribution < -0.4 is 0 Å². The first-order valence-electron chi connectivity index (χ1n) is 14.3. The van der Waals surface area contributed by atoms with Crippen LogP contribution >= 0.6 is 0 Å². The summed E-state index contributed by atoms with van der Waals surface area (Å²) < 4.78 is 11.2. The molecule has 0 amide bonds. The van der Waals surface area contributed by atoms with Gasteiger partial charge in [0.15, 0.2) is 0 Å². The molecule has 0 atom stereocenters. The monoisotopic (exact) mass is 548 g/mol. The number of rotatable bonds is 6. The van der Waals surface area contributed by atoms with E-state index < -0.39 is 11.9 Å². The van der Waals surface area contributed by atoms with Crippen LogP contribution in [0.2, 0.25) is 0 Å². The first kappa shape index (κ1) is 25.7. The predicted octanol–water partition coefficient (Wildman–Crippen LogP) is 9.42. The zero-order valence-corrected chi connectivity index (χ0v) is 23.4. The normalized spacial score (nSPS) is 11.5. The van der Waals surface area contributed by atoms with Gasteiger partial charge in [0.25, 0.3) is 0 Å². The lowest BCUT2D eigenvalue weighted by Gasteiger charge is -2.19. The maximum Gasteiger partial charge on any atom is 0.338 e. The topological polar surface area (TPSA) is 52.6 Å². The first-order valence-corrected chi connectivity index (χ1v) is 14.3. The maximum absolute atomic E-state index is 13.6. The average molecular weight is 549 g/mol. The number of carbonyl (C=O) groups excluding carboxylic acids is 2. The van der Waals surface area contributed by atoms with E-state index in [1.807, 2.05) is 54.6 Å². The van der Waals surface area contributed by atoms with Gasteiger partial charge in [-0.05, 0) is 91.3 Å². The summed E-state index contributed by atoms with van der Waals surface area (Å²) in [6.45, 7) is 4.07. The van der Waals surface area contributed by atoms with E-state index in [1.54, 1.807) is 19.9 Å². The molecule has 0 saturated heterocycles. The number of ether oxygens (including phenoxy) is 2. The van der Waals surface area contributed by atoms with Gasteiger partial charge in [-0.1, -0.05) is 97.1 Å². The minimum Gasteiger partial charge on any atom is -0.462 e. The molecule has 4 heteroatoms. The Kier molecular flexibility index (Phi) is 6.32. The third-order valence-electron chi connectivity index (χ3n) is 8.05. The fourth-order valence-corrected chi connectivity index (χ4v) is 6.23. The molecule has 0 radical (unpaired) electrons. The van der Waals surface area contributed by atoms with Crippen molar-refractivity contribution in [3.05, 3.63) is 120 Å². The molecule has 204 valence electrons. The van der Waals surface area contributed by atoms with Crippen LogP contribution in [-0.2, 0) is 9.47 Å². The number of hydrogen-bond acceptors (Lipinski definition) is 4. The second-order valence-corrected chi connectivity index (χ2v) is 10.4. The van der Waals surface area contributed by atoms with Gasteiger partial charge in [0.2, 0.25) is 0 Å². The van der Waals surface area contributed by atoms with Crippen LogP contribution in [0.25, 0.3) is 65.3 Å². The van der Waals surface area contributed by atoms with E-state index in [9.17, 15) is 9.59 Å². The molecule has 42 heavy (non-hydrogen) atoms. The molecule has 7 rings (SSSR count). The fraction of sp³-hybridized carbons (Fsp3) is 0.105. The van der Waals surface area contributed by atoms with Gasteiger partial charge < -0.3 is 9.47 Å². The molecule has 0 unspecified atom stereocenters. The summed E-state index contributed by atoms with van der Waals surface area (Å²) >= 11 is 0. The first-order chi connectivity index (χ1) is 20.6. The van der Waals surface area contributed by atoms with Crippen LogP contribution in [-0.4, -0.2) is 25.2 Å². The second-order valence-electron chi connectivity index (χ2n) is 10.4. The van der Waals surface area contributed by atoms with Crippen molar-refractivity contribution in [3.63, 3.8) is 0 Å². The Labute approximate surface area is 243 Å². The summed E-state index contributed by atoms with van der Waals surface area (Å²) in [5.41, 5.74) is 3.79. The maximum atomic E-state index is 13.6. The molecule has 4 nitrogen and oxygen atoms in total. The Balaban J connectivity index is 1.58. The molecular formula is C38H28O4. The van der Waals surface area contributed by atoms with E-state index in [-0.39, 0.29) is 13.2 Å². The van der Waals surface area contributed by atoms with E-state index >= 15 is 0 Å². The van der Waals surface area contributed by atoms with Gasteiger partial charge in [0.05, 0.1) is 24.3 Å². The fourth-order valence-electron chi connectivity index (χ4n) is 6.23. The highest BCUT2D eigenvalue weighted by molar-refractivity contribution is 6.26. The van der Waals surface area contributed by atoms with Gasteiger partial charge in [-0.15, -0.1) is 0 Å². The van der Waals surface area contributed by atoms with Crippen molar-refractivity contribution < 1.29 is 19.1 Å². The third-order valence-corrected chi connectivity index (χ3v) is 8.05. The number of benzene rings is 7. The van der Waals surface area contributed by atoms with Crippen LogP contribution in [0.15, 0.2) is 109 Å². The van der Waals surface area contributed by atoms with Crippen molar-refractivity contribution in [1.29, 1.82) is 0 Å². The molecule has 0 heterocycles. The molecule has 0 aliphatic rings. The third kappa shape index (κ3) is 4.07. The molecule has 0 aliphatic carbocycles. The van der Waals surface area contributed by atoms with Crippen molar-refractivity contribution >= 4 is 55.0 Å². The summed E-state index contributed by atoms with van der Waals surface area (Å²) in [6.07, 6.45) is 0. The van der Waals surface area contributed by atoms with Gasteiger partial charge in [0.1, 0.15) is 0 Å². The number of fused-ring (bicyclic) bond motifs is 1. The largest absolute Gasteiger partial charge is 0.462 e. The summed E-state index contributed by atoms with van der Waals surface area (Å²) in [4.78, 5) is 27.2. The van der Waals surface area contributed by atoms with Crippen molar-refractivity contribution in [2.75, 3.05) is 13.2 Å². The predicted molar refractivity (Wildman–Crippen MR) is 170 cm³/mol. The Hall–Kier alpha value is -5.22. The zero-order valence-electron chi connectivity index (χ0n) is 23.4. The molecule has 7 aromatic carbocycles. The molecule has 0 bridgehead atoms. The standard InChI is InChI=1S/C38H28O4/c1-3-41-37(39)33-22-32(29-19-17-26-16-15-24-11-7-12-25-18-20-30(29)36(26)35(24)25)34(38(40)42-4-2)21-31(33)28-14-8-10-23-9-5-6-13-27(23)28/h5-22H,3-4H2,1-2H3. The zero-order chi connectivity index (χ0) is 28.8. The van der Waals surface area contributed by atoms with Gasteiger partial charge in [-0.25, -0.2) is 9.59 Å². The summed E-state index contributed by atoms with van der Waals surface area (Å²) in [5.74, 6) is -0.870. The van der Waals surface area contributed by atoms with Crippen LogP contribution in [0.1, 0.15) is 34.6 Å². The average Bonchev–Trinajstić information content (AvgIpc) is 3.03. The second kappa shape index (κ2) is 10.3. The van der Waals surface area contributed by atoms with Gasteiger partial charge in [0, 0.05) is 0 Å². The van der Waals surface area contributed by atoms with E-state index in [0.29, 0.717) is 22.3 Å². The van der Waals surface area contributed by atoms with Gasteiger partial charge in [-0.2, -0.15) is 0 Å². The minimum atomic E-state index is -0.435. The Bertz CT molecular complexity index is 2140. The highest BCUT2D eigenvalue weighted by Gasteiger charge is 2.25. The lowest BCUT2D eigenvalue weighted by Crippen LogP contribution is -2.12. The molecule has 7 aromatic rings. The SMILES string of the molecule is CCOC(=O)c1cc(-c2ccc3ccc4cccc5ccc2c3c45)c(C(=O)OCC)cc1-c1cccc2ccccc12. The highest BCUT2D eigenvalue weighted by atomic mass is 16.5. The molecular weight excluding hydrogens is 520 g/mol. The van der Waals surface area contributed by atoms with Gasteiger partial charge >= 0.3 is 11.9 Å². The Morgan fingerprint density at radius 1 is 0.476 bits per heavy atom.